The second kappa shape index (κ2) is 7.61. The van der Waals surface area contributed by atoms with Crippen LogP contribution >= 0.6 is 0 Å². The number of carbonyl (C=O) groups is 2. The SMILES string of the molecule is O=C(O)c1ccc(N2CCN(C(=O)OCc3ccccc3)CC2)nn1. The molecule has 0 radical (unpaired) electrons. The van der Waals surface area contributed by atoms with Gasteiger partial charge in [-0.25, -0.2) is 9.59 Å². The molecular weight excluding hydrogens is 324 g/mol. The van der Waals surface area contributed by atoms with Crippen molar-refractivity contribution in [1.82, 2.24) is 15.1 Å². The van der Waals surface area contributed by atoms with Crippen molar-refractivity contribution in [2.24, 2.45) is 0 Å². The number of ether oxygens (including phenoxy) is 1. The number of aromatic nitrogens is 2. The van der Waals surface area contributed by atoms with Crippen molar-refractivity contribution in [2.45, 2.75) is 6.61 Å². The molecule has 1 aromatic heterocycles. The number of anilines is 1. The molecule has 1 aliphatic heterocycles. The summed E-state index contributed by atoms with van der Waals surface area (Å²) in [5, 5.41) is 16.4. The van der Waals surface area contributed by atoms with Gasteiger partial charge < -0.3 is 19.6 Å². The third-order valence-electron chi connectivity index (χ3n) is 3.94. The Kier molecular flexibility index (Phi) is 5.08. The zero-order chi connectivity index (χ0) is 17.6. The Morgan fingerprint density at radius 2 is 1.72 bits per heavy atom. The van der Waals surface area contributed by atoms with Gasteiger partial charge in [0.2, 0.25) is 0 Å². The molecule has 0 spiro atoms. The lowest BCUT2D eigenvalue weighted by molar-refractivity contribution is 0.0688. The van der Waals surface area contributed by atoms with Gasteiger partial charge in [-0.15, -0.1) is 10.2 Å². The predicted octanol–water partition coefficient (Wildman–Crippen LogP) is 1.63. The number of benzene rings is 1. The molecule has 1 amide bonds. The molecule has 2 heterocycles. The van der Waals surface area contributed by atoms with E-state index in [0.29, 0.717) is 32.0 Å². The number of rotatable bonds is 4. The van der Waals surface area contributed by atoms with Gasteiger partial charge in [0, 0.05) is 26.2 Å². The first kappa shape index (κ1) is 16.7. The zero-order valence-corrected chi connectivity index (χ0v) is 13.5. The fourth-order valence-corrected chi connectivity index (χ4v) is 2.54. The first-order chi connectivity index (χ1) is 12.1. The molecular formula is C17H18N4O4. The lowest BCUT2D eigenvalue weighted by Gasteiger charge is -2.34. The van der Waals surface area contributed by atoms with Crippen LogP contribution in [0.1, 0.15) is 16.1 Å². The zero-order valence-electron chi connectivity index (χ0n) is 13.5. The van der Waals surface area contributed by atoms with E-state index < -0.39 is 5.97 Å². The van der Waals surface area contributed by atoms with Gasteiger partial charge in [0.15, 0.2) is 11.5 Å². The number of hydrogen-bond acceptors (Lipinski definition) is 6. The largest absolute Gasteiger partial charge is 0.476 e. The van der Waals surface area contributed by atoms with Gasteiger partial charge in [0.1, 0.15) is 6.61 Å². The molecule has 0 unspecified atom stereocenters. The summed E-state index contributed by atoms with van der Waals surface area (Å²) in [4.78, 5) is 26.5. The molecule has 1 aromatic carbocycles. The summed E-state index contributed by atoms with van der Waals surface area (Å²) in [6, 6.07) is 12.6. The number of carboxylic acid groups (broad SMARTS) is 1. The standard InChI is InChI=1S/C17H18N4O4/c22-16(23)14-6-7-15(19-18-14)20-8-10-21(11-9-20)17(24)25-12-13-4-2-1-3-5-13/h1-7H,8-12H2,(H,22,23). The Balaban J connectivity index is 1.49. The highest BCUT2D eigenvalue weighted by Gasteiger charge is 2.23. The number of hydrogen-bond donors (Lipinski definition) is 1. The van der Waals surface area contributed by atoms with Crippen LogP contribution in [0, 0.1) is 0 Å². The highest BCUT2D eigenvalue weighted by molar-refractivity contribution is 5.85. The molecule has 0 atom stereocenters. The molecule has 130 valence electrons. The first-order valence-corrected chi connectivity index (χ1v) is 7.91. The summed E-state index contributed by atoms with van der Waals surface area (Å²) in [6.07, 6.45) is -0.337. The molecule has 1 N–H and O–H groups in total. The molecule has 8 heteroatoms. The van der Waals surface area contributed by atoms with Crippen LogP contribution in [-0.4, -0.2) is 58.4 Å². The van der Waals surface area contributed by atoms with Crippen molar-refractivity contribution < 1.29 is 19.4 Å². The maximum Gasteiger partial charge on any atom is 0.410 e. The molecule has 1 saturated heterocycles. The van der Waals surface area contributed by atoms with Crippen molar-refractivity contribution in [3.63, 3.8) is 0 Å². The van der Waals surface area contributed by atoms with Crippen molar-refractivity contribution in [3.8, 4) is 0 Å². The fourth-order valence-electron chi connectivity index (χ4n) is 2.54. The van der Waals surface area contributed by atoms with E-state index in [1.54, 1.807) is 11.0 Å². The van der Waals surface area contributed by atoms with Crippen LogP contribution in [0.25, 0.3) is 0 Å². The first-order valence-electron chi connectivity index (χ1n) is 7.91. The highest BCUT2D eigenvalue weighted by atomic mass is 16.6. The van der Waals surface area contributed by atoms with E-state index in [9.17, 15) is 9.59 Å². The Morgan fingerprint density at radius 1 is 1.00 bits per heavy atom. The second-order valence-electron chi connectivity index (χ2n) is 5.60. The number of nitrogens with zero attached hydrogens (tertiary/aromatic N) is 4. The average Bonchev–Trinajstić information content (AvgIpc) is 2.67. The van der Waals surface area contributed by atoms with Crippen molar-refractivity contribution in [1.29, 1.82) is 0 Å². The minimum absolute atomic E-state index is 0.0909. The van der Waals surface area contributed by atoms with Crippen LogP contribution < -0.4 is 4.90 Å². The predicted molar refractivity (Wildman–Crippen MR) is 89.4 cm³/mol. The quantitative estimate of drug-likeness (QED) is 0.902. The number of aromatic carboxylic acids is 1. The lowest BCUT2D eigenvalue weighted by Crippen LogP contribution is -2.49. The Morgan fingerprint density at radius 3 is 2.32 bits per heavy atom. The van der Waals surface area contributed by atoms with E-state index in [1.165, 1.54) is 6.07 Å². The number of piperazine rings is 1. The second-order valence-corrected chi connectivity index (χ2v) is 5.60. The monoisotopic (exact) mass is 342 g/mol. The number of carboxylic acids is 1. The number of amides is 1. The van der Waals surface area contributed by atoms with E-state index >= 15 is 0 Å². The Labute approximate surface area is 144 Å². The van der Waals surface area contributed by atoms with Gasteiger partial charge in [-0.05, 0) is 17.7 Å². The molecule has 2 aromatic rings. The van der Waals surface area contributed by atoms with Crippen LogP contribution in [0.15, 0.2) is 42.5 Å². The third-order valence-corrected chi connectivity index (χ3v) is 3.94. The van der Waals surface area contributed by atoms with Crippen molar-refractivity contribution in [3.05, 3.63) is 53.7 Å². The van der Waals surface area contributed by atoms with Crippen molar-refractivity contribution >= 4 is 17.9 Å². The van der Waals surface area contributed by atoms with E-state index in [4.69, 9.17) is 9.84 Å². The molecule has 0 bridgehead atoms. The van der Waals surface area contributed by atoms with Crippen LogP contribution in [-0.2, 0) is 11.3 Å². The Bertz CT molecular complexity index is 728. The minimum Gasteiger partial charge on any atom is -0.476 e. The molecule has 8 nitrogen and oxygen atoms in total. The molecule has 1 aliphatic rings. The van der Waals surface area contributed by atoms with E-state index in [1.807, 2.05) is 35.2 Å². The van der Waals surface area contributed by atoms with Gasteiger partial charge in [0.25, 0.3) is 0 Å². The normalized spacial score (nSPS) is 14.2. The van der Waals surface area contributed by atoms with Crippen molar-refractivity contribution in [2.75, 3.05) is 31.1 Å². The van der Waals surface area contributed by atoms with Crippen LogP contribution in [0.3, 0.4) is 0 Å². The third kappa shape index (κ3) is 4.23. The van der Waals surface area contributed by atoms with Gasteiger partial charge >= 0.3 is 12.1 Å². The maximum absolute atomic E-state index is 12.1. The van der Waals surface area contributed by atoms with Gasteiger partial charge in [-0.3, -0.25) is 0 Å². The molecule has 1 fully saturated rings. The van der Waals surface area contributed by atoms with Crippen LogP contribution in [0.5, 0.6) is 0 Å². The van der Waals surface area contributed by atoms with Gasteiger partial charge in [-0.1, -0.05) is 30.3 Å². The topological polar surface area (TPSA) is 95.9 Å². The summed E-state index contributed by atoms with van der Waals surface area (Å²) in [5.74, 6) is -0.507. The Hall–Kier alpha value is -3.16. The van der Waals surface area contributed by atoms with Crippen LogP contribution in [0.4, 0.5) is 10.6 Å². The average molecular weight is 342 g/mol. The smallest absolute Gasteiger partial charge is 0.410 e. The van der Waals surface area contributed by atoms with E-state index in [2.05, 4.69) is 10.2 Å². The molecule has 3 rings (SSSR count). The van der Waals surface area contributed by atoms with Gasteiger partial charge in [0.05, 0.1) is 0 Å². The molecule has 0 saturated carbocycles. The van der Waals surface area contributed by atoms with E-state index in [-0.39, 0.29) is 18.4 Å². The van der Waals surface area contributed by atoms with Gasteiger partial charge in [-0.2, -0.15) is 0 Å². The fraction of sp³-hybridized carbons (Fsp3) is 0.294. The summed E-state index contributed by atoms with van der Waals surface area (Å²) in [7, 11) is 0. The maximum atomic E-state index is 12.1. The number of carbonyl (C=O) groups excluding carboxylic acids is 1. The summed E-state index contributed by atoms with van der Waals surface area (Å²) >= 11 is 0. The lowest BCUT2D eigenvalue weighted by atomic mass is 10.2. The molecule has 25 heavy (non-hydrogen) atoms. The summed E-state index contributed by atoms with van der Waals surface area (Å²) in [5.41, 5.74) is 0.857. The molecule has 0 aliphatic carbocycles. The van der Waals surface area contributed by atoms with E-state index in [0.717, 1.165) is 5.56 Å². The highest BCUT2D eigenvalue weighted by Crippen LogP contribution is 2.14. The van der Waals surface area contributed by atoms with Crippen LogP contribution in [0.2, 0.25) is 0 Å². The summed E-state index contributed by atoms with van der Waals surface area (Å²) < 4.78 is 5.33. The minimum atomic E-state index is -1.11. The summed E-state index contributed by atoms with van der Waals surface area (Å²) in [6.45, 7) is 2.44.